The van der Waals surface area contributed by atoms with Crippen LogP contribution in [-0.4, -0.2) is 30.3 Å². The lowest BCUT2D eigenvalue weighted by molar-refractivity contribution is -0.139. The van der Waals surface area contributed by atoms with Crippen LogP contribution >= 0.6 is 0 Å². The van der Waals surface area contributed by atoms with Crippen LogP contribution in [0.3, 0.4) is 0 Å². The Bertz CT molecular complexity index is 762. The Morgan fingerprint density at radius 1 is 0.962 bits per heavy atom. The van der Waals surface area contributed by atoms with Crippen LogP contribution in [-0.2, 0) is 9.53 Å². The molecule has 0 saturated carbocycles. The number of carbonyl (C=O) groups is 2. The summed E-state index contributed by atoms with van der Waals surface area (Å²) in [4.78, 5) is 23.3. The first-order valence-corrected chi connectivity index (χ1v) is 8.02. The van der Waals surface area contributed by atoms with Gasteiger partial charge in [-0.2, -0.15) is 0 Å². The Hall–Kier alpha value is -3.28. The molecule has 2 rings (SSSR count). The Balaban J connectivity index is 1.76. The van der Waals surface area contributed by atoms with E-state index in [0.29, 0.717) is 35.7 Å². The van der Waals surface area contributed by atoms with Crippen molar-refractivity contribution in [1.82, 2.24) is 0 Å². The lowest BCUT2D eigenvalue weighted by Gasteiger charge is -2.08. The monoisotopic (exact) mass is 356 g/mol. The fourth-order valence-electron chi connectivity index (χ4n) is 1.90. The topological polar surface area (TPSA) is 82.1 Å². The number of phenolic OH excluding ortho intramolecular Hbond substituents is 1. The molecule has 6 heteroatoms. The number of aromatic hydroxyl groups is 1. The van der Waals surface area contributed by atoms with E-state index < -0.39 is 11.9 Å². The zero-order valence-corrected chi connectivity index (χ0v) is 14.4. The van der Waals surface area contributed by atoms with E-state index in [1.165, 1.54) is 24.3 Å². The number of carbonyl (C=O) groups excluding carboxylic acids is 2. The van der Waals surface area contributed by atoms with E-state index in [2.05, 4.69) is 6.58 Å². The molecule has 2 aromatic carbocycles. The van der Waals surface area contributed by atoms with Gasteiger partial charge in [0.05, 0.1) is 18.8 Å². The highest BCUT2D eigenvalue weighted by atomic mass is 16.5. The molecule has 0 bridgehead atoms. The summed E-state index contributed by atoms with van der Waals surface area (Å²) in [6, 6.07) is 12.4. The average Bonchev–Trinajstić information content (AvgIpc) is 2.63. The van der Waals surface area contributed by atoms with Crippen LogP contribution in [0.2, 0.25) is 0 Å². The molecule has 0 atom stereocenters. The number of benzene rings is 2. The largest absolute Gasteiger partial charge is 0.508 e. The number of ether oxygens (including phenoxy) is 3. The second kappa shape index (κ2) is 9.27. The summed E-state index contributed by atoms with van der Waals surface area (Å²) in [7, 11) is 0. The van der Waals surface area contributed by atoms with Gasteiger partial charge in [0.1, 0.15) is 17.2 Å². The second-order valence-electron chi connectivity index (χ2n) is 5.53. The quantitative estimate of drug-likeness (QED) is 0.337. The Labute approximate surface area is 151 Å². The van der Waals surface area contributed by atoms with E-state index in [-0.39, 0.29) is 12.4 Å². The molecule has 0 aliphatic carbocycles. The maximum atomic E-state index is 12.0. The molecule has 26 heavy (non-hydrogen) atoms. The van der Waals surface area contributed by atoms with Crippen molar-refractivity contribution < 1.29 is 28.9 Å². The fraction of sp³-hybridized carbons (Fsp3) is 0.200. The highest BCUT2D eigenvalue weighted by molar-refractivity contribution is 5.91. The van der Waals surface area contributed by atoms with E-state index in [1.807, 2.05) is 0 Å². The van der Waals surface area contributed by atoms with E-state index in [4.69, 9.17) is 14.2 Å². The molecule has 136 valence electrons. The van der Waals surface area contributed by atoms with Gasteiger partial charge in [-0.1, -0.05) is 6.58 Å². The Morgan fingerprint density at radius 3 is 2.19 bits per heavy atom. The fourth-order valence-corrected chi connectivity index (χ4v) is 1.90. The molecular formula is C20H20O6. The van der Waals surface area contributed by atoms with Gasteiger partial charge >= 0.3 is 11.9 Å². The van der Waals surface area contributed by atoms with Crippen LogP contribution in [0.4, 0.5) is 0 Å². The molecule has 0 saturated heterocycles. The van der Waals surface area contributed by atoms with E-state index in [1.54, 1.807) is 31.2 Å². The first-order valence-electron chi connectivity index (χ1n) is 8.02. The third-order valence-corrected chi connectivity index (χ3v) is 3.28. The number of esters is 2. The van der Waals surface area contributed by atoms with E-state index in [9.17, 15) is 14.7 Å². The molecule has 0 aliphatic heterocycles. The maximum absolute atomic E-state index is 12.0. The summed E-state index contributed by atoms with van der Waals surface area (Å²) >= 11 is 0. The van der Waals surface area contributed by atoms with Gasteiger partial charge in [0.15, 0.2) is 0 Å². The highest BCUT2D eigenvalue weighted by Crippen LogP contribution is 2.18. The van der Waals surface area contributed by atoms with Gasteiger partial charge in [-0.25, -0.2) is 9.59 Å². The zero-order valence-electron chi connectivity index (χ0n) is 14.4. The lowest BCUT2D eigenvalue weighted by Crippen LogP contribution is -2.10. The predicted molar refractivity (Wildman–Crippen MR) is 95.4 cm³/mol. The summed E-state index contributed by atoms with van der Waals surface area (Å²) < 4.78 is 15.7. The van der Waals surface area contributed by atoms with Crippen molar-refractivity contribution >= 4 is 11.9 Å². The Morgan fingerprint density at radius 2 is 1.58 bits per heavy atom. The highest BCUT2D eigenvalue weighted by Gasteiger charge is 2.09. The van der Waals surface area contributed by atoms with Crippen molar-refractivity contribution in [1.29, 1.82) is 0 Å². The second-order valence-corrected chi connectivity index (χ2v) is 5.53. The van der Waals surface area contributed by atoms with Gasteiger partial charge in [0.25, 0.3) is 0 Å². The minimum Gasteiger partial charge on any atom is -0.508 e. The van der Waals surface area contributed by atoms with Gasteiger partial charge in [0.2, 0.25) is 0 Å². The number of rotatable bonds is 8. The third kappa shape index (κ3) is 5.98. The predicted octanol–water partition coefficient (Wildman–Crippen LogP) is 3.50. The van der Waals surface area contributed by atoms with Gasteiger partial charge in [-0.15, -0.1) is 0 Å². The molecule has 0 heterocycles. The van der Waals surface area contributed by atoms with Crippen LogP contribution in [0.15, 0.2) is 60.7 Å². The molecule has 0 spiro atoms. The van der Waals surface area contributed by atoms with Gasteiger partial charge < -0.3 is 19.3 Å². The molecule has 0 aromatic heterocycles. The normalized spacial score (nSPS) is 10.0. The summed E-state index contributed by atoms with van der Waals surface area (Å²) in [5.41, 5.74) is 0.738. The van der Waals surface area contributed by atoms with Crippen molar-refractivity contribution in [3.05, 3.63) is 66.2 Å². The molecule has 0 unspecified atom stereocenters. The van der Waals surface area contributed by atoms with Gasteiger partial charge in [0, 0.05) is 12.0 Å². The minimum atomic E-state index is -0.506. The average molecular weight is 356 g/mol. The van der Waals surface area contributed by atoms with Crippen LogP contribution in [0.25, 0.3) is 0 Å². The van der Waals surface area contributed by atoms with Gasteiger partial charge in [-0.05, 0) is 55.5 Å². The van der Waals surface area contributed by atoms with Crippen molar-refractivity contribution in [3.63, 3.8) is 0 Å². The van der Waals surface area contributed by atoms with Crippen molar-refractivity contribution in [2.24, 2.45) is 0 Å². The lowest BCUT2D eigenvalue weighted by atomic mass is 10.2. The minimum absolute atomic E-state index is 0.0979. The summed E-state index contributed by atoms with van der Waals surface area (Å²) in [6.07, 6.45) is 0.545. The number of hydrogen-bond donors (Lipinski definition) is 1. The van der Waals surface area contributed by atoms with Crippen LogP contribution in [0.1, 0.15) is 23.7 Å². The molecule has 0 radical (unpaired) electrons. The Kier molecular flexibility index (Phi) is 6.79. The maximum Gasteiger partial charge on any atom is 0.343 e. The van der Waals surface area contributed by atoms with Crippen molar-refractivity contribution in [3.8, 4) is 17.2 Å². The summed E-state index contributed by atoms with van der Waals surface area (Å²) in [5.74, 6) is 0.117. The van der Waals surface area contributed by atoms with Crippen molar-refractivity contribution in [2.75, 3.05) is 13.2 Å². The van der Waals surface area contributed by atoms with Gasteiger partial charge in [-0.3, -0.25) is 0 Å². The summed E-state index contributed by atoms with van der Waals surface area (Å²) in [5, 5.41) is 9.21. The molecule has 0 fully saturated rings. The van der Waals surface area contributed by atoms with E-state index in [0.717, 1.165) is 0 Å². The standard InChI is InChI=1S/C20H20O6/c1-14(2)19(22)25-13-3-12-24-17-8-4-15(5-9-17)20(23)26-18-10-6-16(21)7-11-18/h4-11,21H,1,3,12-13H2,2H3. The number of hydrogen-bond acceptors (Lipinski definition) is 6. The molecule has 6 nitrogen and oxygen atoms in total. The summed E-state index contributed by atoms with van der Waals surface area (Å²) in [6.45, 7) is 5.72. The first-order chi connectivity index (χ1) is 12.5. The molecule has 0 aliphatic rings. The smallest absolute Gasteiger partial charge is 0.343 e. The van der Waals surface area contributed by atoms with Crippen LogP contribution in [0.5, 0.6) is 17.2 Å². The van der Waals surface area contributed by atoms with Crippen LogP contribution < -0.4 is 9.47 Å². The SMILES string of the molecule is C=C(C)C(=O)OCCCOc1ccc(C(=O)Oc2ccc(O)cc2)cc1. The first kappa shape index (κ1) is 19.1. The van der Waals surface area contributed by atoms with Crippen LogP contribution in [0, 0.1) is 0 Å². The third-order valence-electron chi connectivity index (χ3n) is 3.28. The number of phenols is 1. The molecule has 1 N–H and O–H groups in total. The van der Waals surface area contributed by atoms with Crippen molar-refractivity contribution in [2.45, 2.75) is 13.3 Å². The molecule has 0 amide bonds. The molecule has 2 aromatic rings. The molecular weight excluding hydrogens is 336 g/mol. The van der Waals surface area contributed by atoms with E-state index >= 15 is 0 Å². The zero-order chi connectivity index (χ0) is 18.9.